The van der Waals surface area contributed by atoms with E-state index in [0.717, 1.165) is 29.1 Å². The molecule has 1 aliphatic heterocycles. The van der Waals surface area contributed by atoms with E-state index in [1.54, 1.807) is 12.1 Å². The van der Waals surface area contributed by atoms with E-state index in [-0.39, 0.29) is 17.3 Å². The number of sulfonamides is 1. The molecule has 1 atom stereocenters. The summed E-state index contributed by atoms with van der Waals surface area (Å²) >= 11 is 0.967. The van der Waals surface area contributed by atoms with Gasteiger partial charge in [-0.1, -0.05) is 12.5 Å². The lowest BCUT2D eigenvalue weighted by molar-refractivity contribution is -0.121. The van der Waals surface area contributed by atoms with Crippen molar-refractivity contribution in [3.63, 3.8) is 0 Å². The molecule has 2 aromatic rings. The van der Waals surface area contributed by atoms with Crippen LogP contribution in [0.15, 0.2) is 23.1 Å². The van der Waals surface area contributed by atoms with Crippen molar-refractivity contribution in [1.82, 2.24) is 23.3 Å². The van der Waals surface area contributed by atoms with E-state index in [1.807, 2.05) is 0 Å². The Morgan fingerprint density at radius 2 is 2.19 bits per heavy atom. The molecule has 0 spiro atoms. The van der Waals surface area contributed by atoms with Crippen molar-refractivity contribution in [3.8, 4) is 0 Å². The van der Waals surface area contributed by atoms with Gasteiger partial charge in [0, 0.05) is 26.2 Å². The van der Waals surface area contributed by atoms with Crippen molar-refractivity contribution >= 4 is 38.7 Å². The zero-order valence-electron chi connectivity index (χ0n) is 15.6. The summed E-state index contributed by atoms with van der Waals surface area (Å²) in [6, 6.07) is 5.37. The standard InChI is InChI=1S/C17H25N5O3S2/c1-13-6-3-4-10-22(13)11-9-18-16(23)12-21(2)27(24,25)15-8-5-7-14-17(15)20-26-19-14/h5,7-8,13H,3-4,6,9-12H2,1-2H3,(H,18,23). The Labute approximate surface area is 163 Å². The molecular weight excluding hydrogens is 386 g/mol. The molecule has 0 saturated carbocycles. The van der Waals surface area contributed by atoms with Crippen molar-refractivity contribution in [3.05, 3.63) is 18.2 Å². The predicted octanol–water partition coefficient (Wildman–Crippen LogP) is 1.30. The third-order valence-electron chi connectivity index (χ3n) is 4.97. The zero-order chi connectivity index (χ0) is 19.4. The van der Waals surface area contributed by atoms with Crippen LogP contribution in [0.3, 0.4) is 0 Å². The number of piperidine rings is 1. The molecule has 1 unspecified atom stereocenters. The molecule has 1 amide bonds. The van der Waals surface area contributed by atoms with Crippen LogP contribution in [0, 0.1) is 0 Å². The van der Waals surface area contributed by atoms with Crippen LogP contribution in [0.2, 0.25) is 0 Å². The first-order valence-corrected chi connectivity index (χ1v) is 11.2. The molecule has 1 saturated heterocycles. The molecule has 8 nitrogen and oxygen atoms in total. The van der Waals surface area contributed by atoms with Gasteiger partial charge in [-0.3, -0.25) is 9.69 Å². The van der Waals surface area contributed by atoms with Crippen molar-refractivity contribution < 1.29 is 13.2 Å². The first kappa shape index (κ1) is 20.1. The summed E-state index contributed by atoms with van der Waals surface area (Å²) in [6.07, 6.45) is 3.64. The van der Waals surface area contributed by atoms with Gasteiger partial charge in [-0.25, -0.2) is 8.42 Å². The summed E-state index contributed by atoms with van der Waals surface area (Å²) < 4.78 is 34.8. The number of benzene rings is 1. The third-order valence-corrected chi connectivity index (χ3v) is 7.34. The van der Waals surface area contributed by atoms with Crippen LogP contribution in [0.1, 0.15) is 26.2 Å². The molecule has 3 rings (SSSR count). The van der Waals surface area contributed by atoms with Crippen LogP contribution >= 0.6 is 11.7 Å². The molecule has 1 aromatic carbocycles. The molecule has 148 valence electrons. The fourth-order valence-corrected chi connectivity index (χ4v) is 5.20. The highest BCUT2D eigenvalue weighted by Crippen LogP contribution is 2.23. The number of likely N-dealkylation sites (tertiary alicyclic amines) is 1. The second-order valence-corrected chi connectivity index (χ2v) is 9.42. The van der Waals surface area contributed by atoms with E-state index < -0.39 is 10.0 Å². The van der Waals surface area contributed by atoms with E-state index >= 15 is 0 Å². The lowest BCUT2D eigenvalue weighted by Crippen LogP contribution is -2.44. The first-order valence-electron chi connectivity index (χ1n) is 9.08. The maximum absolute atomic E-state index is 12.8. The molecule has 1 aliphatic rings. The number of nitrogens with one attached hydrogen (secondary N) is 1. The second kappa shape index (κ2) is 8.59. The summed E-state index contributed by atoms with van der Waals surface area (Å²) in [6.45, 7) is 4.33. The van der Waals surface area contributed by atoms with E-state index in [2.05, 4.69) is 25.9 Å². The van der Waals surface area contributed by atoms with Gasteiger partial charge in [-0.15, -0.1) is 0 Å². The van der Waals surface area contributed by atoms with Gasteiger partial charge < -0.3 is 5.32 Å². The monoisotopic (exact) mass is 411 g/mol. The summed E-state index contributed by atoms with van der Waals surface area (Å²) in [5, 5.41) is 2.82. The van der Waals surface area contributed by atoms with Gasteiger partial charge in [-0.2, -0.15) is 13.1 Å². The number of hydrogen-bond acceptors (Lipinski definition) is 7. The highest BCUT2D eigenvalue weighted by atomic mass is 32.2. The Balaban J connectivity index is 1.56. The molecular formula is C17H25N5O3S2. The maximum atomic E-state index is 12.8. The number of hydrogen-bond donors (Lipinski definition) is 1. The zero-order valence-corrected chi connectivity index (χ0v) is 17.2. The second-order valence-electron chi connectivity index (χ2n) is 6.88. The number of carbonyl (C=O) groups excluding carboxylic acids is 1. The Kier molecular flexibility index (Phi) is 6.40. The van der Waals surface area contributed by atoms with E-state index in [1.165, 1.54) is 32.4 Å². The van der Waals surface area contributed by atoms with E-state index in [4.69, 9.17) is 0 Å². The van der Waals surface area contributed by atoms with Crippen LogP contribution in [-0.2, 0) is 14.8 Å². The molecule has 27 heavy (non-hydrogen) atoms. The number of amides is 1. The van der Waals surface area contributed by atoms with Crippen LogP contribution in [-0.4, -0.2) is 71.5 Å². The number of carbonyl (C=O) groups is 1. The molecule has 0 radical (unpaired) electrons. The minimum atomic E-state index is -3.82. The highest BCUT2D eigenvalue weighted by molar-refractivity contribution is 7.89. The van der Waals surface area contributed by atoms with Gasteiger partial charge in [0.2, 0.25) is 15.9 Å². The van der Waals surface area contributed by atoms with Crippen molar-refractivity contribution in [1.29, 1.82) is 0 Å². The fourth-order valence-electron chi connectivity index (χ4n) is 3.33. The topological polar surface area (TPSA) is 95.5 Å². The normalized spacial score (nSPS) is 18.9. The van der Waals surface area contributed by atoms with Crippen LogP contribution < -0.4 is 5.32 Å². The Bertz CT molecular complexity index is 899. The number of aromatic nitrogens is 2. The largest absolute Gasteiger partial charge is 0.354 e. The molecule has 1 aromatic heterocycles. The smallest absolute Gasteiger partial charge is 0.245 e. The minimum absolute atomic E-state index is 0.0752. The minimum Gasteiger partial charge on any atom is -0.354 e. The van der Waals surface area contributed by atoms with Crippen molar-refractivity contribution in [2.75, 3.05) is 33.2 Å². The molecule has 10 heteroatoms. The summed E-state index contributed by atoms with van der Waals surface area (Å²) in [7, 11) is -2.42. The average molecular weight is 412 g/mol. The molecule has 0 bridgehead atoms. The van der Waals surface area contributed by atoms with Gasteiger partial charge in [-0.05, 0) is 38.4 Å². The number of nitrogens with zero attached hydrogens (tertiary/aromatic N) is 4. The SMILES string of the molecule is CC1CCCCN1CCNC(=O)CN(C)S(=O)(=O)c1cccc2nsnc12. The predicted molar refractivity (Wildman–Crippen MR) is 105 cm³/mol. The summed E-state index contributed by atoms with van der Waals surface area (Å²) in [4.78, 5) is 14.6. The first-order chi connectivity index (χ1) is 12.9. The van der Waals surface area contributed by atoms with Crippen LogP contribution in [0.4, 0.5) is 0 Å². The van der Waals surface area contributed by atoms with Gasteiger partial charge in [0.25, 0.3) is 0 Å². The quantitative estimate of drug-likeness (QED) is 0.738. The summed E-state index contributed by atoms with van der Waals surface area (Å²) in [5.41, 5.74) is 0.878. The summed E-state index contributed by atoms with van der Waals surface area (Å²) in [5.74, 6) is -0.311. The molecule has 1 N–H and O–H groups in total. The van der Waals surface area contributed by atoms with E-state index in [0.29, 0.717) is 23.6 Å². The molecule has 0 aliphatic carbocycles. The third kappa shape index (κ3) is 4.63. The van der Waals surface area contributed by atoms with Gasteiger partial charge >= 0.3 is 0 Å². The average Bonchev–Trinajstić information content (AvgIpc) is 3.11. The van der Waals surface area contributed by atoms with E-state index in [9.17, 15) is 13.2 Å². The molecule has 1 fully saturated rings. The Morgan fingerprint density at radius 3 is 2.96 bits per heavy atom. The Morgan fingerprint density at radius 1 is 1.37 bits per heavy atom. The lowest BCUT2D eigenvalue weighted by atomic mass is 10.0. The molecule has 2 heterocycles. The number of likely N-dealkylation sites (N-methyl/N-ethyl adjacent to an activating group) is 1. The maximum Gasteiger partial charge on any atom is 0.245 e. The van der Waals surface area contributed by atoms with Crippen molar-refractivity contribution in [2.45, 2.75) is 37.1 Å². The number of fused-ring (bicyclic) bond motifs is 1. The fraction of sp³-hybridized carbons (Fsp3) is 0.588. The van der Waals surface area contributed by atoms with Gasteiger partial charge in [0.15, 0.2) is 0 Å². The van der Waals surface area contributed by atoms with Crippen LogP contribution in [0.25, 0.3) is 11.0 Å². The van der Waals surface area contributed by atoms with Crippen LogP contribution in [0.5, 0.6) is 0 Å². The van der Waals surface area contributed by atoms with Crippen molar-refractivity contribution in [2.24, 2.45) is 0 Å². The number of rotatable bonds is 7. The lowest BCUT2D eigenvalue weighted by Gasteiger charge is -2.33. The highest BCUT2D eigenvalue weighted by Gasteiger charge is 2.26. The van der Waals surface area contributed by atoms with Gasteiger partial charge in [0.1, 0.15) is 15.9 Å². The van der Waals surface area contributed by atoms with Gasteiger partial charge in [0.05, 0.1) is 18.3 Å². The Hall–Kier alpha value is -1.62.